The van der Waals surface area contributed by atoms with E-state index >= 15 is 0 Å². The maximum absolute atomic E-state index is 13.0. The van der Waals surface area contributed by atoms with Crippen molar-refractivity contribution >= 4 is 23.3 Å². The fraction of sp³-hybridized carbons (Fsp3) is 0.455. The van der Waals surface area contributed by atoms with Gasteiger partial charge in [-0.15, -0.1) is 0 Å². The van der Waals surface area contributed by atoms with Crippen molar-refractivity contribution in [2.45, 2.75) is 33.2 Å². The molecule has 3 heterocycles. The Morgan fingerprint density at radius 3 is 2.77 bits per heavy atom. The Morgan fingerprint density at radius 1 is 1.30 bits per heavy atom. The molecular formula is C22H26N4O4. The Bertz CT molecular complexity index is 975. The second kappa shape index (κ2) is 8.30. The molecule has 158 valence electrons. The molecule has 1 fully saturated rings. The quantitative estimate of drug-likeness (QED) is 0.764. The van der Waals surface area contributed by atoms with Crippen molar-refractivity contribution in [1.82, 2.24) is 14.5 Å². The van der Waals surface area contributed by atoms with Crippen LogP contribution in [0.3, 0.4) is 0 Å². The van der Waals surface area contributed by atoms with Crippen LogP contribution < -0.4 is 10.1 Å². The fourth-order valence-corrected chi connectivity index (χ4v) is 4.12. The zero-order chi connectivity index (χ0) is 21.3. The fourth-order valence-electron chi connectivity index (χ4n) is 4.12. The van der Waals surface area contributed by atoms with E-state index < -0.39 is 0 Å². The van der Waals surface area contributed by atoms with Crippen LogP contribution in [0.4, 0.5) is 5.69 Å². The van der Waals surface area contributed by atoms with Crippen LogP contribution in [0.5, 0.6) is 5.75 Å². The van der Waals surface area contributed by atoms with Crippen LogP contribution in [0.15, 0.2) is 30.6 Å². The summed E-state index contributed by atoms with van der Waals surface area (Å²) in [6.07, 6.45) is 4.90. The number of ether oxygens (including phenoxy) is 1. The number of fused-ring (bicyclic) bond motifs is 1. The molecule has 1 aromatic carbocycles. The van der Waals surface area contributed by atoms with Gasteiger partial charge in [-0.2, -0.15) is 0 Å². The lowest BCUT2D eigenvalue weighted by Gasteiger charge is -2.33. The Hall–Kier alpha value is -3.16. The highest BCUT2D eigenvalue weighted by molar-refractivity contribution is 6.01. The Labute approximate surface area is 175 Å². The SMILES string of the molecule is Cc1nccn1C[C@@H](C)C(=O)N1CCC(C(=O)c2ccc3c(c2)NC(=O)CO3)CC1. The van der Waals surface area contributed by atoms with E-state index in [1.165, 1.54) is 0 Å². The Balaban J connectivity index is 1.34. The minimum Gasteiger partial charge on any atom is -0.482 e. The third-order valence-electron chi connectivity index (χ3n) is 5.89. The molecule has 8 heteroatoms. The molecular weight excluding hydrogens is 384 g/mol. The van der Waals surface area contributed by atoms with Gasteiger partial charge in [0.15, 0.2) is 12.4 Å². The number of hydrogen-bond donors (Lipinski definition) is 1. The van der Waals surface area contributed by atoms with Crippen molar-refractivity contribution in [3.63, 3.8) is 0 Å². The van der Waals surface area contributed by atoms with Gasteiger partial charge in [-0.05, 0) is 38.0 Å². The molecule has 0 spiro atoms. The summed E-state index contributed by atoms with van der Waals surface area (Å²) in [6.45, 7) is 5.60. The zero-order valence-corrected chi connectivity index (χ0v) is 17.3. The monoisotopic (exact) mass is 410 g/mol. The van der Waals surface area contributed by atoms with Crippen molar-refractivity contribution in [2.24, 2.45) is 11.8 Å². The van der Waals surface area contributed by atoms with E-state index in [1.807, 2.05) is 29.5 Å². The first-order chi connectivity index (χ1) is 14.4. The first kappa shape index (κ1) is 20.1. The lowest BCUT2D eigenvalue weighted by atomic mass is 9.88. The number of nitrogens with one attached hydrogen (secondary N) is 1. The number of nitrogens with zero attached hydrogens (tertiary/aromatic N) is 3. The van der Waals surface area contributed by atoms with E-state index in [9.17, 15) is 14.4 Å². The van der Waals surface area contributed by atoms with Crippen LogP contribution in [0, 0.1) is 18.8 Å². The topological polar surface area (TPSA) is 93.5 Å². The van der Waals surface area contributed by atoms with Gasteiger partial charge in [0.2, 0.25) is 5.91 Å². The normalized spacial score (nSPS) is 17.7. The number of anilines is 1. The molecule has 2 aliphatic heterocycles. The molecule has 8 nitrogen and oxygen atoms in total. The van der Waals surface area contributed by atoms with E-state index in [1.54, 1.807) is 24.4 Å². The van der Waals surface area contributed by atoms with Crippen LogP contribution in [0.2, 0.25) is 0 Å². The average molecular weight is 410 g/mol. The van der Waals surface area contributed by atoms with Crippen molar-refractivity contribution in [3.05, 3.63) is 42.0 Å². The molecule has 2 aliphatic rings. The number of ketones is 1. The number of amides is 2. The van der Waals surface area contributed by atoms with Crippen molar-refractivity contribution < 1.29 is 19.1 Å². The summed E-state index contributed by atoms with van der Waals surface area (Å²) >= 11 is 0. The van der Waals surface area contributed by atoms with E-state index in [0.717, 1.165) is 5.82 Å². The molecule has 1 N–H and O–H groups in total. The highest BCUT2D eigenvalue weighted by Crippen LogP contribution is 2.31. The molecule has 2 amide bonds. The summed E-state index contributed by atoms with van der Waals surface area (Å²) in [4.78, 5) is 43.4. The van der Waals surface area contributed by atoms with Gasteiger partial charge in [0.1, 0.15) is 11.6 Å². The number of carbonyl (C=O) groups excluding carboxylic acids is 3. The van der Waals surface area contributed by atoms with Gasteiger partial charge in [0.25, 0.3) is 5.91 Å². The number of benzene rings is 1. The van der Waals surface area contributed by atoms with E-state index in [-0.39, 0.29) is 36.0 Å². The summed E-state index contributed by atoms with van der Waals surface area (Å²) in [5.41, 5.74) is 1.10. The zero-order valence-electron chi connectivity index (χ0n) is 17.3. The largest absolute Gasteiger partial charge is 0.482 e. The van der Waals surface area contributed by atoms with Crippen molar-refractivity contribution in [3.8, 4) is 5.75 Å². The predicted octanol–water partition coefficient (Wildman–Crippen LogP) is 2.28. The standard InChI is InChI=1S/C22H26N4O4/c1-14(12-26-10-7-23-15(26)2)22(29)25-8-5-16(6-9-25)21(28)17-3-4-19-18(11-17)24-20(27)13-30-19/h3-4,7,10-11,14,16H,5-6,8-9,12-13H2,1-2H3,(H,24,27)/t14-/m1/s1. The molecule has 2 aromatic rings. The van der Waals surface area contributed by atoms with E-state index in [0.29, 0.717) is 49.5 Å². The van der Waals surface area contributed by atoms with Crippen molar-refractivity contribution in [2.75, 3.05) is 25.0 Å². The minimum absolute atomic E-state index is 0.00831. The summed E-state index contributed by atoms with van der Waals surface area (Å²) in [5, 5.41) is 2.74. The van der Waals surface area contributed by atoms with Crippen LogP contribution in [0.25, 0.3) is 0 Å². The Morgan fingerprint density at radius 2 is 2.07 bits per heavy atom. The van der Waals surface area contributed by atoms with Crippen LogP contribution in [-0.2, 0) is 16.1 Å². The second-order valence-corrected chi connectivity index (χ2v) is 8.04. The van der Waals surface area contributed by atoms with Crippen LogP contribution >= 0.6 is 0 Å². The predicted molar refractivity (Wildman–Crippen MR) is 110 cm³/mol. The molecule has 0 radical (unpaired) electrons. The molecule has 1 saturated heterocycles. The minimum atomic E-state index is -0.223. The number of aryl methyl sites for hydroxylation is 1. The number of Topliss-reactive ketones (excluding diaryl/α,β-unsaturated/α-hetero) is 1. The lowest BCUT2D eigenvalue weighted by molar-refractivity contribution is -0.136. The summed E-state index contributed by atoms with van der Waals surface area (Å²) in [5.74, 6) is 1.14. The molecule has 0 aliphatic carbocycles. The first-order valence-electron chi connectivity index (χ1n) is 10.3. The van der Waals surface area contributed by atoms with Gasteiger partial charge >= 0.3 is 0 Å². The highest BCUT2D eigenvalue weighted by atomic mass is 16.5. The smallest absolute Gasteiger partial charge is 0.262 e. The van der Waals surface area contributed by atoms with Crippen LogP contribution in [-0.4, -0.2) is 51.7 Å². The number of hydrogen-bond acceptors (Lipinski definition) is 5. The third kappa shape index (κ3) is 4.08. The number of rotatable bonds is 5. The first-order valence-corrected chi connectivity index (χ1v) is 10.3. The number of aromatic nitrogens is 2. The number of imidazole rings is 1. The molecule has 1 aromatic heterocycles. The van der Waals surface area contributed by atoms with Gasteiger partial charge in [-0.1, -0.05) is 6.92 Å². The second-order valence-electron chi connectivity index (χ2n) is 8.04. The lowest BCUT2D eigenvalue weighted by Crippen LogP contribution is -2.43. The summed E-state index contributed by atoms with van der Waals surface area (Å²) in [7, 11) is 0. The van der Waals surface area contributed by atoms with Gasteiger partial charge < -0.3 is 19.5 Å². The Kier molecular flexibility index (Phi) is 5.57. The van der Waals surface area contributed by atoms with Gasteiger partial charge in [-0.3, -0.25) is 14.4 Å². The molecule has 0 saturated carbocycles. The molecule has 30 heavy (non-hydrogen) atoms. The number of piperidine rings is 1. The number of carbonyl (C=O) groups is 3. The third-order valence-corrected chi connectivity index (χ3v) is 5.89. The van der Waals surface area contributed by atoms with E-state index in [4.69, 9.17) is 4.74 Å². The maximum Gasteiger partial charge on any atom is 0.262 e. The maximum atomic E-state index is 13.0. The van der Waals surface area contributed by atoms with Crippen molar-refractivity contribution in [1.29, 1.82) is 0 Å². The molecule has 1 atom stereocenters. The van der Waals surface area contributed by atoms with Gasteiger partial charge in [-0.25, -0.2) is 4.98 Å². The van der Waals surface area contributed by atoms with Crippen LogP contribution in [0.1, 0.15) is 35.9 Å². The highest BCUT2D eigenvalue weighted by Gasteiger charge is 2.30. The number of likely N-dealkylation sites (tertiary alicyclic amines) is 1. The average Bonchev–Trinajstić information content (AvgIpc) is 3.16. The summed E-state index contributed by atoms with van der Waals surface area (Å²) < 4.78 is 7.33. The molecule has 4 rings (SSSR count). The van der Waals surface area contributed by atoms with E-state index in [2.05, 4.69) is 10.3 Å². The van der Waals surface area contributed by atoms with Gasteiger partial charge in [0, 0.05) is 43.5 Å². The summed E-state index contributed by atoms with van der Waals surface area (Å²) in [6, 6.07) is 5.15. The van der Waals surface area contributed by atoms with Gasteiger partial charge in [0.05, 0.1) is 11.6 Å². The molecule has 0 bridgehead atoms. The molecule has 0 unspecified atom stereocenters.